The van der Waals surface area contributed by atoms with Gasteiger partial charge in [0.25, 0.3) is 0 Å². The van der Waals surface area contributed by atoms with Crippen LogP contribution in [0.1, 0.15) is 46.5 Å². The lowest BCUT2D eigenvalue weighted by molar-refractivity contribution is -0.0577. The highest BCUT2D eigenvalue weighted by Gasteiger charge is 2.31. The van der Waals surface area contributed by atoms with E-state index in [4.69, 9.17) is 14.2 Å². The Morgan fingerprint density at radius 1 is 1.17 bits per heavy atom. The van der Waals surface area contributed by atoms with Crippen molar-refractivity contribution in [1.29, 1.82) is 0 Å². The molecular weight excluding hydrogens is 298 g/mol. The van der Waals surface area contributed by atoms with Gasteiger partial charge in [-0.3, -0.25) is 0 Å². The van der Waals surface area contributed by atoms with E-state index in [2.05, 4.69) is 0 Å². The minimum Gasteiger partial charge on any atom is -0.444 e. The molecule has 1 atom stereocenters. The normalized spacial score (nSPS) is 21.3. The monoisotopic (exact) mass is 329 g/mol. The number of piperidine rings is 1. The number of likely N-dealkylation sites (tertiary alicyclic amines) is 1. The topological polar surface area (TPSA) is 68.2 Å². The first-order valence-electron chi connectivity index (χ1n) is 8.71. The van der Waals surface area contributed by atoms with Crippen LogP contribution in [0.2, 0.25) is 0 Å². The Morgan fingerprint density at radius 2 is 1.83 bits per heavy atom. The molecular formula is C17H31NO5. The molecule has 1 N–H and O–H groups in total. The Labute approximate surface area is 139 Å². The summed E-state index contributed by atoms with van der Waals surface area (Å²) in [6, 6.07) is 0. The first-order chi connectivity index (χ1) is 10.9. The SMILES string of the molecule is CC(C)(C)OC(=O)N1CCC(OCCOC(CO)C2CC2)CC1. The standard InChI is InChI=1S/C17H31NO5/c1-17(2,3)23-16(20)18-8-6-14(7-9-18)21-10-11-22-15(12-19)13-4-5-13/h13-15,19H,4-12H2,1-3H3. The van der Waals surface area contributed by atoms with E-state index in [-0.39, 0.29) is 24.9 Å². The van der Waals surface area contributed by atoms with Gasteiger partial charge in [0.1, 0.15) is 5.60 Å². The van der Waals surface area contributed by atoms with Crippen LogP contribution in [0.25, 0.3) is 0 Å². The summed E-state index contributed by atoms with van der Waals surface area (Å²) >= 11 is 0. The Kier molecular flexibility index (Phi) is 6.68. The van der Waals surface area contributed by atoms with E-state index < -0.39 is 5.60 Å². The number of carbonyl (C=O) groups excluding carboxylic acids is 1. The van der Waals surface area contributed by atoms with E-state index in [0.29, 0.717) is 32.2 Å². The Hall–Kier alpha value is -0.850. The fraction of sp³-hybridized carbons (Fsp3) is 0.941. The van der Waals surface area contributed by atoms with Gasteiger partial charge in [-0.2, -0.15) is 0 Å². The van der Waals surface area contributed by atoms with Crippen molar-refractivity contribution < 1.29 is 24.1 Å². The molecule has 2 aliphatic rings. The quantitative estimate of drug-likeness (QED) is 0.725. The van der Waals surface area contributed by atoms with Crippen LogP contribution in [-0.2, 0) is 14.2 Å². The largest absolute Gasteiger partial charge is 0.444 e. The van der Waals surface area contributed by atoms with E-state index >= 15 is 0 Å². The minimum atomic E-state index is -0.452. The zero-order valence-corrected chi connectivity index (χ0v) is 14.6. The fourth-order valence-electron chi connectivity index (χ4n) is 2.75. The van der Waals surface area contributed by atoms with Crippen molar-refractivity contribution in [2.24, 2.45) is 5.92 Å². The Morgan fingerprint density at radius 3 is 2.35 bits per heavy atom. The van der Waals surface area contributed by atoms with Crippen LogP contribution in [0.15, 0.2) is 0 Å². The van der Waals surface area contributed by atoms with Gasteiger partial charge in [0, 0.05) is 13.1 Å². The smallest absolute Gasteiger partial charge is 0.410 e. The number of aliphatic hydroxyl groups is 1. The Bertz CT molecular complexity index is 370. The molecule has 1 aliphatic carbocycles. The zero-order chi connectivity index (χ0) is 16.9. The maximum Gasteiger partial charge on any atom is 0.410 e. The molecule has 1 unspecified atom stereocenters. The molecule has 23 heavy (non-hydrogen) atoms. The first-order valence-corrected chi connectivity index (χ1v) is 8.71. The average Bonchev–Trinajstić information content (AvgIpc) is 3.31. The van der Waals surface area contributed by atoms with Crippen LogP contribution in [0, 0.1) is 5.92 Å². The number of nitrogens with zero attached hydrogens (tertiary/aromatic N) is 1. The summed E-state index contributed by atoms with van der Waals surface area (Å²) in [4.78, 5) is 13.7. The van der Waals surface area contributed by atoms with Crippen LogP contribution in [0.3, 0.4) is 0 Å². The lowest BCUT2D eigenvalue weighted by atomic mass is 10.1. The summed E-state index contributed by atoms with van der Waals surface area (Å²) in [6.45, 7) is 8.13. The zero-order valence-electron chi connectivity index (χ0n) is 14.6. The lowest BCUT2D eigenvalue weighted by Crippen LogP contribution is -2.43. The van der Waals surface area contributed by atoms with Gasteiger partial charge < -0.3 is 24.2 Å². The molecule has 2 fully saturated rings. The summed E-state index contributed by atoms with van der Waals surface area (Å²) in [7, 11) is 0. The third-order valence-electron chi connectivity index (χ3n) is 4.19. The third kappa shape index (κ3) is 6.65. The van der Waals surface area contributed by atoms with Gasteiger partial charge in [-0.05, 0) is 52.4 Å². The molecule has 0 radical (unpaired) electrons. The number of ether oxygens (including phenoxy) is 3. The van der Waals surface area contributed by atoms with Gasteiger partial charge in [-0.15, -0.1) is 0 Å². The van der Waals surface area contributed by atoms with E-state index in [1.54, 1.807) is 4.90 Å². The molecule has 0 aromatic carbocycles. The second-order valence-electron chi connectivity index (χ2n) is 7.47. The third-order valence-corrected chi connectivity index (χ3v) is 4.19. The van der Waals surface area contributed by atoms with Crippen molar-refractivity contribution in [3.8, 4) is 0 Å². The van der Waals surface area contributed by atoms with Crippen molar-refractivity contribution in [3.63, 3.8) is 0 Å². The predicted molar refractivity (Wildman–Crippen MR) is 86.3 cm³/mol. The molecule has 0 spiro atoms. The van der Waals surface area contributed by atoms with Crippen LogP contribution >= 0.6 is 0 Å². The summed E-state index contributed by atoms with van der Waals surface area (Å²) < 4.78 is 16.9. The van der Waals surface area contributed by atoms with Gasteiger partial charge in [-0.25, -0.2) is 4.79 Å². The molecule has 0 aromatic heterocycles. The Balaban J connectivity index is 1.56. The van der Waals surface area contributed by atoms with Crippen molar-refractivity contribution >= 4 is 6.09 Å². The summed E-state index contributed by atoms with van der Waals surface area (Å²) in [5.74, 6) is 0.539. The number of rotatable bonds is 7. The number of carbonyl (C=O) groups is 1. The maximum absolute atomic E-state index is 12.0. The lowest BCUT2D eigenvalue weighted by Gasteiger charge is -2.33. The van der Waals surface area contributed by atoms with Crippen molar-refractivity contribution in [3.05, 3.63) is 0 Å². The highest BCUT2D eigenvalue weighted by Crippen LogP contribution is 2.34. The summed E-state index contributed by atoms with van der Waals surface area (Å²) in [5, 5.41) is 9.23. The molecule has 6 nitrogen and oxygen atoms in total. The maximum atomic E-state index is 12.0. The van der Waals surface area contributed by atoms with Crippen LogP contribution < -0.4 is 0 Å². The van der Waals surface area contributed by atoms with Crippen molar-refractivity contribution in [2.75, 3.05) is 32.9 Å². The molecule has 0 aromatic rings. The van der Waals surface area contributed by atoms with Gasteiger partial charge in [0.05, 0.1) is 32.0 Å². The highest BCUT2D eigenvalue weighted by atomic mass is 16.6. The van der Waals surface area contributed by atoms with E-state index in [0.717, 1.165) is 25.7 Å². The molecule has 1 saturated heterocycles. The second kappa shape index (κ2) is 8.31. The molecule has 1 saturated carbocycles. The van der Waals surface area contributed by atoms with Crippen molar-refractivity contribution in [2.45, 2.75) is 64.3 Å². The fourth-order valence-corrected chi connectivity index (χ4v) is 2.75. The van der Waals surface area contributed by atoms with E-state index in [9.17, 15) is 9.90 Å². The van der Waals surface area contributed by atoms with Gasteiger partial charge in [0.2, 0.25) is 0 Å². The average molecular weight is 329 g/mol. The molecule has 1 heterocycles. The predicted octanol–water partition coefficient (Wildman–Crippen LogP) is 2.19. The van der Waals surface area contributed by atoms with E-state index in [1.165, 1.54) is 0 Å². The van der Waals surface area contributed by atoms with Crippen LogP contribution in [-0.4, -0.2) is 66.8 Å². The van der Waals surface area contributed by atoms with Gasteiger partial charge >= 0.3 is 6.09 Å². The molecule has 6 heteroatoms. The van der Waals surface area contributed by atoms with Gasteiger partial charge in [-0.1, -0.05) is 0 Å². The molecule has 134 valence electrons. The van der Waals surface area contributed by atoms with Crippen LogP contribution in [0.5, 0.6) is 0 Å². The molecule has 1 aliphatic heterocycles. The molecule has 1 amide bonds. The summed E-state index contributed by atoms with van der Waals surface area (Å²) in [6.07, 6.45) is 3.88. The van der Waals surface area contributed by atoms with E-state index in [1.807, 2.05) is 20.8 Å². The highest BCUT2D eigenvalue weighted by molar-refractivity contribution is 5.68. The molecule has 2 rings (SSSR count). The summed E-state index contributed by atoms with van der Waals surface area (Å²) in [5.41, 5.74) is -0.452. The number of hydrogen-bond donors (Lipinski definition) is 1. The second-order valence-corrected chi connectivity index (χ2v) is 7.47. The first kappa shape index (κ1) is 18.5. The number of hydrogen-bond acceptors (Lipinski definition) is 5. The number of aliphatic hydroxyl groups excluding tert-OH is 1. The minimum absolute atomic E-state index is 0.0207. The number of amides is 1. The van der Waals surface area contributed by atoms with Crippen LogP contribution in [0.4, 0.5) is 4.79 Å². The molecule has 0 bridgehead atoms. The van der Waals surface area contributed by atoms with Gasteiger partial charge in [0.15, 0.2) is 0 Å². The van der Waals surface area contributed by atoms with Crippen molar-refractivity contribution in [1.82, 2.24) is 4.90 Å².